The quantitative estimate of drug-likeness (QED) is 0.883. The number of carbonyl (C=O) groups is 1. The molecule has 1 atom stereocenters. The van der Waals surface area contributed by atoms with Gasteiger partial charge in [0.05, 0.1) is 17.5 Å². The van der Waals surface area contributed by atoms with Crippen molar-refractivity contribution in [2.45, 2.75) is 52.7 Å². The summed E-state index contributed by atoms with van der Waals surface area (Å²) in [5.41, 5.74) is 4.05. The second-order valence-electron chi connectivity index (χ2n) is 6.65. The van der Waals surface area contributed by atoms with E-state index in [0.717, 1.165) is 41.1 Å². The summed E-state index contributed by atoms with van der Waals surface area (Å²) in [5, 5.41) is 13.9. The number of aromatic amines is 1. The van der Waals surface area contributed by atoms with E-state index in [1.165, 1.54) is 0 Å². The van der Waals surface area contributed by atoms with Gasteiger partial charge in [0.15, 0.2) is 0 Å². The Morgan fingerprint density at radius 3 is 2.96 bits per heavy atom. The van der Waals surface area contributed by atoms with E-state index in [9.17, 15) is 4.79 Å². The van der Waals surface area contributed by atoms with Crippen LogP contribution in [0, 0.1) is 12.8 Å². The first-order chi connectivity index (χ1) is 11.5. The minimum Gasteiger partial charge on any atom is -0.491 e. The number of hydrogen-bond acceptors (Lipinski definition) is 4. The fourth-order valence-electron chi connectivity index (χ4n) is 3.01. The fraction of sp³-hybridized carbons (Fsp3) is 0.500. The normalized spacial score (nSPS) is 16.8. The third-order valence-corrected chi connectivity index (χ3v) is 4.28. The Labute approximate surface area is 142 Å². The number of nitrogens with one attached hydrogen (secondary N) is 2. The first-order valence-electron chi connectivity index (χ1n) is 8.45. The number of carbonyl (C=O) groups excluding carboxylic acids is 1. The van der Waals surface area contributed by atoms with E-state index in [0.29, 0.717) is 13.0 Å². The monoisotopic (exact) mass is 328 g/mol. The number of rotatable bonds is 5. The van der Waals surface area contributed by atoms with Gasteiger partial charge in [0, 0.05) is 24.4 Å². The zero-order chi connectivity index (χ0) is 17.1. The molecule has 0 saturated carbocycles. The van der Waals surface area contributed by atoms with Gasteiger partial charge in [-0.05, 0) is 45.2 Å². The van der Waals surface area contributed by atoms with Crippen LogP contribution in [-0.2, 0) is 24.2 Å². The third-order valence-electron chi connectivity index (χ3n) is 4.28. The lowest BCUT2D eigenvalue weighted by atomic mass is 9.89. The van der Waals surface area contributed by atoms with Gasteiger partial charge < -0.3 is 10.1 Å². The SMILES string of the molecule is Cc1ccc(CNC(=O)[C@@H]2CCc3n[nH]nc3C2)c(OC(C)C)c1. The lowest BCUT2D eigenvalue weighted by Crippen LogP contribution is -2.34. The van der Waals surface area contributed by atoms with Gasteiger partial charge in [0.2, 0.25) is 5.91 Å². The summed E-state index contributed by atoms with van der Waals surface area (Å²) in [5.74, 6) is 0.870. The number of amides is 1. The highest BCUT2D eigenvalue weighted by atomic mass is 16.5. The van der Waals surface area contributed by atoms with E-state index in [1.807, 2.05) is 39.0 Å². The molecular weight excluding hydrogens is 304 g/mol. The molecule has 2 aromatic rings. The molecule has 2 N–H and O–H groups in total. The first kappa shape index (κ1) is 16.5. The van der Waals surface area contributed by atoms with Crippen LogP contribution < -0.4 is 10.1 Å². The molecule has 0 radical (unpaired) electrons. The highest BCUT2D eigenvalue weighted by Gasteiger charge is 2.27. The first-order valence-corrected chi connectivity index (χ1v) is 8.45. The van der Waals surface area contributed by atoms with Crippen LogP contribution in [-0.4, -0.2) is 27.4 Å². The zero-order valence-corrected chi connectivity index (χ0v) is 14.4. The molecule has 0 saturated heterocycles. The van der Waals surface area contributed by atoms with Crippen LogP contribution in [0.5, 0.6) is 5.75 Å². The van der Waals surface area contributed by atoms with Gasteiger partial charge in [-0.15, -0.1) is 0 Å². The van der Waals surface area contributed by atoms with E-state index in [1.54, 1.807) is 0 Å². The number of aryl methyl sites for hydroxylation is 2. The number of fused-ring (bicyclic) bond motifs is 1. The van der Waals surface area contributed by atoms with Gasteiger partial charge in [-0.3, -0.25) is 4.79 Å². The Morgan fingerprint density at radius 1 is 1.38 bits per heavy atom. The molecule has 1 aliphatic rings. The summed E-state index contributed by atoms with van der Waals surface area (Å²) >= 11 is 0. The third kappa shape index (κ3) is 3.75. The molecule has 1 heterocycles. The van der Waals surface area contributed by atoms with Gasteiger partial charge in [-0.25, -0.2) is 0 Å². The Bertz CT molecular complexity index is 724. The molecule has 1 amide bonds. The molecule has 0 spiro atoms. The summed E-state index contributed by atoms with van der Waals surface area (Å²) < 4.78 is 5.87. The van der Waals surface area contributed by atoms with Gasteiger partial charge in [0.25, 0.3) is 0 Å². The molecular formula is C18H24N4O2. The van der Waals surface area contributed by atoms with Crippen molar-refractivity contribution >= 4 is 5.91 Å². The fourth-order valence-corrected chi connectivity index (χ4v) is 3.01. The van der Waals surface area contributed by atoms with Crippen LogP contribution in [0.15, 0.2) is 18.2 Å². The van der Waals surface area contributed by atoms with Crippen molar-refractivity contribution in [2.75, 3.05) is 0 Å². The summed E-state index contributed by atoms with van der Waals surface area (Å²) in [6, 6.07) is 6.07. The molecule has 24 heavy (non-hydrogen) atoms. The topological polar surface area (TPSA) is 79.9 Å². The highest BCUT2D eigenvalue weighted by molar-refractivity contribution is 5.79. The number of aromatic nitrogens is 3. The highest BCUT2D eigenvalue weighted by Crippen LogP contribution is 2.24. The van der Waals surface area contributed by atoms with Gasteiger partial charge in [0.1, 0.15) is 5.75 Å². The van der Waals surface area contributed by atoms with Crippen LogP contribution in [0.3, 0.4) is 0 Å². The van der Waals surface area contributed by atoms with Crippen molar-refractivity contribution < 1.29 is 9.53 Å². The molecule has 6 nitrogen and oxygen atoms in total. The zero-order valence-electron chi connectivity index (χ0n) is 14.4. The molecule has 3 rings (SSSR count). The number of nitrogens with zero attached hydrogens (tertiary/aromatic N) is 2. The Kier molecular flexibility index (Phi) is 4.83. The largest absolute Gasteiger partial charge is 0.491 e. The predicted molar refractivity (Wildman–Crippen MR) is 90.7 cm³/mol. The van der Waals surface area contributed by atoms with E-state index in [2.05, 4.69) is 20.7 Å². The maximum Gasteiger partial charge on any atom is 0.223 e. The minimum absolute atomic E-state index is 0.0393. The van der Waals surface area contributed by atoms with Crippen LogP contribution in [0.1, 0.15) is 42.8 Å². The van der Waals surface area contributed by atoms with Gasteiger partial charge >= 0.3 is 0 Å². The number of benzene rings is 1. The number of ether oxygens (including phenoxy) is 1. The number of hydrogen-bond donors (Lipinski definition) is 2. The molecule has 0 fully saturated rings. The summed E-state index contributed by atoms with van der Waals surface area (Å²) in [7, 11) is 0. The summed E-state index contributed by atoms with van der Waals surface area (Å²) in [6.45, 7) is 6.51. The second kappa shape index (κ2) is 7.03. The Balaban J connectivity index is 1.62. The van der Waals surface area contributed by atoms with Crippen LogP contribution in [0.4, 0.5) is 0 Å². The minimum atomic E-state index is -0.0393. The van der Waals surface area contributed by atoms with E-state index in [4.69, 9.17) is 4.74 Å². The molecule has 0 unspecified atom stereocenters. The van der Waals surface area contributed by atoms with Crippen molar-refractivity contribution in [3.8, 4) is 5.75 Å². The average molecular weight is 328 g/mol. The lowest BCUT2D eigenvalue weighted by molar-refractivity contribution is -0.125. The van der Waals surface area contributed by atoms with Crippen molar-refractivity contribution in [3.63, 3.8) is 0 Å². The Hall–Kier alpha value is -2.37. The lowest BCUT2D eigenvalue weighted by Gasteiger charge is -2.20. The van der Waals surface area contributed by atoms with Crippen LogP contribution in [0.2, 0.25) is 0 Å². The standard InChI is InChI=1S/C18H24N4O2/c1-11(2)24-17-8-12(3)4-5-14(17)10-19-18(23)13-6-7-15-16(9-13)21-22-20-15/h4-5,8,11,13H,6-7,9-10H2,1-3H3,(H,19,23)(H,20,21,22)/t13-/m1/s1. The van der Waals surface area contributed by atoms with E-state index in [-0.39, 0.29) is 17.9 Å². The number of H-pyrrole nitrogens is 1. The molecule has 1 aromatic heterocycles. The van der Waals surface area contributed by atoms with Crippen molar-refractivity contribution in [1.82, 2.24) is 20.7 Å². The van der Waals surface area contributed by atoms with Crippen LogP contribution >= 0.6 is 0 Å². The van der Waals surface area contributed by atoms with Crippen LogP contribution in [0.25, 0.3) is 0 Å². The maximum atomic E-state index is 12.5. The molecule has 0 bridgehead atoms. The second-order valence-corrected chi connectivity index (χ2v) is 6.65. The average Bonchev–Trinajstić information content (AvgIpc) is 3.00. The molecule has 0 aliphatic heterocycles. The Morgan fingerprint density at radius 2 is 2.17 bits per heavy atom. The van der Waals surface area contributed by atoms with E-state index >= 15 is 0 Å². The van der Waals surface area contributed by atoms with Crippen molar-refractivity contribution in [2.24, 2.45) is 5.92 Å². The van der Waals surface area contributed by atoms with Crippen molar-refractivity contribution in [3.05, 3.63) is 40.7 Å². The molecule has 6 heteroatoms. The van der Waals surface area contributed by atoms with E-state index < -0.39 is 0 Å². The smallest absolute Gasteiger partial charge is 0.223 e. The predicted octanol–water partition coefficient (Wildman–Crippen LogP) is 2.32. The maximum absolute atomic E-state index is 12.5. The van der Waals surface area contributed by atoms with Gasteiger partial charge in [-0.2, -0.15) is 15.4 Å². The van der Waals surface area contributed by atoms with Gasteiger partial charge in [-0.1, -0.05) is 12.1 Å². The van der Waals surface area contributed by atoms with Crippen molar-refractivity contribution in [1.29, 1.82) is 0 Å². The summed E-state index contributed by atoms with van der Waals surface area (Å²) in [4.78, 5) is 12.5. The molecule has 1 aromatic carbocycles. The molecule has 128 valence electrons. The molecule has 1 aliphatic carbocycles. The summed E-state index contributed by atoms with van der Waals surface area (Å²) in [6.07, 6.45) is 2.37.